The molecule has 0 radical (unpaired) electrons. The maximum atomic E-state index is 12.4. The van der Waals surface area contributed by atoms with Crippen molar-refractivity contribution >= 4 is 14.0 Å². The van der Waals surface area contributed by atoms with Crippen LogP contribution in [0.2, 0.25) is 25.7 Å². The van der Waals surface area contributed by atoms with E-state index in [1.54, 1.807) is 0 Å². The van der Waals surface area contributed by atoms with E-state index in [1.165, 1.54) is 22.3 Å². The highest BCUT2D eigenvalue weighted by Crippen LogP contribution is 2.39. The Morgan fingerprint density at radius 1 is 1.23 bits per heavy atom. The fourth-order valence-corrected chi connectivity index (χ4v) is 4.08. The van der Waals surface area contributed by atoms with Crippen molar-refractivity contribution < 1.29 is 14.3 Å². The largest absolute Gasteiger partial charge is 0.493 e. The molecule has 0 aromatic heterocycles. The minimum atomic E-state index is -1.20. The first-order valence-corrected chi connectivity index (χ1v) is 13.5. The monoisotopic (exact) mass is 374 g/mol. The Balaban J connectivity index is 2.53. The second kappa shape index (κ2) is 8.42. The molecular formula is C22H34O3Si. The molecule has 3 nitrogen and oxygen atoms in total. The number of esters is 1. The highest BCUT2D eigenvalue weighted by Gasteiger charge is 2.32. The minimum Gasteiger partial charge on any atom is -0.493 e. The molecule has 144 valence electrons. The van der Waals surface area contributed by atoms with Gasteiger partial charge < -0.3 is 9.47 Å². The molecule has 1 aliphatic rings. The van der Waals surface area contributed by atoms with Gasteiger partial charge in [0.15, 0.2) is 0 Å². The predicted octanol–water partition coefficient (Wildman–Crippen LogP) is 5.84. The molecular weight excluding hydrogens is 340 g/mol. The zero-order chi connectivity index (χ0) is 19.5. The number of carbonyl (C=O) groups excluding carboxylic acids is 1. The average molecular weight is 375 g/mol. The Morgan fingerprint density at radius 2 is 1.92 bits per heavy atom. The van der Waals surface area contributed by atoms with Gasteiger partial charge in [-0.15, -0.1) is 0 Å². The molecule has 0 spiro atoms. The molecule has 0 aliphatic carbocycles. The highest BCUT2D eigenvalue weighted by atomic mass is 28.3. The van der Waals surface area contributed by atoms with Crippen molar-refractivity contribution in [1.82, 2.24) is 0 Å². The molecule has 0 saturated heterocycles. The third kappa shape index (κ3) is 4.59. The van der Waals surface area contributed by atoms with Crippen LogP contribution in [0, 0.1) is 6.92 Å². The molecule has 1 heterocycles. The van der Waals surface area contributed by atoms with E-state index in [0.717, 1.165) is 36.6 Å². The molecule has 0 unspecified atom stereocenters. The molecule has 0 atom stereocenters. The standard InChI is InChI=1S/C22H34O3Si/c1-8-15(3)10-11-18-17(9-2)16(4)19-14-25-22(23)20(19)21(18)24-12-13-26(5,6)7/h10H,8-9,11-14H2,1-7H3. The number of fused-ring (bicyclic) bond motifs is 1. The van der Waals surface area contributed by atoms with Gasteiger partial charge in [-0.2, -0.15) is 0 Å². The van der Waals surface area contributed by atoms with E-state index in [1.807, 2.05) is 0 Å². The summed E-state index contributed by atoms with van der Waals surface area (Å²) in [7, 11) is -1.20. The van der Waals surface area contributed by atoms with Crippen molar-refractivity contribution in [1.29, 1.82) is 0 Å². The molecule has 0 fully saturated rings. The van der Waals surface area contributed by atoms with Crippen molar-refractivity contribution in [2.75, 3.05) is 6.61 Å². The molecule has 1 aromatic carbocycles. The Labute approximate surface area is 159 Å². The summed E-state index contributed by atoms with van der Waals surface area (Å²) in [6.07, 6.45) is 5.06. The quantitative estimate of drug-likeness (QED) is 0.325. The van der Waals surface area contributed by atoms with Gasteiger partial charge in [0, 0.05) is 19.2 Å². The summed E-state index contributed by atoms with van der Waals surface area (Å²) in [6, 6.07) is 1.08. The Hall–Kier alpha value is -1.55. The van der Waals surface area contributed by atoms with Crippen LogP contribution in [0.3, 0.4) is 0 Å². The van der Waals surface area contributed by atoms with Crippen LogP contribution in [-0.4, -0.2) is 20.7 Å². The summed E-state index contributed by atoms with van der Waals surface area (Å²) in [5.41, 5.74) is 6.74. The number of hydrogen-bond donors (Lipinski definition) is 0. The van der Waals surface area contributed by atoms with Gasteiger partial charge >= 0.3 is 5.97 Å². The fraction of sp³-hybridized carbons (Fsp3) is 0.591. The molecule has 1 aliphatic heterocycles. The van der Waals surface area contributed by atoms with Crippen molar-refractivity contribution in [2.24, 2.45) is 0 Å². The van der Waals surface area contributed by atoms with Gasteiger partial charge in [-0.25, -0.2) is 4.79 Å². The second-order valence-corrected chi connectivity index (χ2v) is 14.1. The molecule has 0 saturated carbocycles. The lowest BCUT2D eigenvalue weighted by Crippen LogP contribution is -2.23. The summed E-state index contributed by atoms with van der Waals surface area (Å²) < 4.78 is 11.7. The van der Waals surface area contributed by atoms with Crippen molar-refractivity contribution in [3.63, 3.8) is 0 Å². The van der Waals surface area contributed by atoms with Crippen molar-refractivity contribution in [3.05, 3.63) is 39.5 Å². The average Bonchev–Trinajstić information content (AvgIpc) is 2.96. The summed E-state index contributed by atoms with van der Waals surface area (Å²) in [6.45, 7) is 16.7. The van der Waals surface area contributed by atoms with Gasteiger partial charge in [0.25, 0.3) is 0 Å². The van der Waals surface area contributed by atoms with Crippen LogP contribution < -0.4 is 4.74 Å². The van der Waals surface area contributed by atoms with E-state index in [9.17, 15) is 4.79 Å². The topological polar surface area (TPSA) is 35.5 Å². The number of cyclic esters (lactones) is 1. The first-order valence-electron chi connectivity index (χ1n) is 9.82. The second-order valence-electron chi connectivity index (χ2n) is 8.46. The zero-order valence-electron chi connectivity index (χ0n) is 17.5. The summed E-state index contributed by atoms with van der Waals surface area (Å²) in [5.74, 6) is 0.551. The van der Waals surface area contributed by atoms with E-state index in [2.05, 4.69) is 53.4 Å². The Kier molecular flexibility index (Phi) is 6.73. The van der Waals surface area contributed by atoms with Gasteiger partial charge in [-0.3, -0.25) is 0 Å². The normalized spacial score (nSPS) is 14.4. The van der Waals surface area contributed by atoms with Crippen LogP contribution in [0.1, 0.15) is 59.8 Å². The molecule has 0 amide bonds. The first kappa shape index (κ1) is 20.8. The Morgan fingerprint density at radius 3 is 2.50 bits per heavy atom. The minimum absolute atomic E-state index is 0.230. The Bertz CT molecular complexity index is 711. The number of allylic oxidation sites excluding steroid dienone is 2. The smallest absolute Gasteiger partial charge is 0.342 e. The summed E-state index contributed by atoms with van der Waals surface area (Å²) in [5, 5.41) is 0. The number of rotatable bonds is 8. The highest BCUT2D eigenvalue weighted by molar-refractivity contribution is 6.76. The maximum absolute atomic E-state index is 12.4. The lowest BCUT2D eigenvalue weighted by atomic mass is 9.89. The van der Waals surface area contributed by atoms with Gasteiger partial charge in [0.1, 0.15) is 17.9 Å². The van der Waals surface area contributed by atoms with Crippen LogP contribution in [0.15, 0.2) is 11.6 Å². The number of carbonyl (C=O) groups is 1. The van der Waals surface area contributed by atoms with Gasteiger partial charge in [-0.1, -0.05) is 45.1 Å². The predicted molar refractivity (Wildman–Crippen MR) is 111 cm³/mol. The fourth-order valence-electron chi connectivity index (χ4n) is 3.36. The third-order valence-corrected chi connectivity index (χ3v) is 6.99. The van der Waals surface area contributed by atoms with Crippen LogP contribution in [0.25, 0.3) is 0 Å². The van der Waals surface area contributed by atoms with Gasteiger partial charge in [0.2, 0.25) is 0 Å². The maximum Gasteiger partial charge on any atom is 0.342 e. The lowest BCUT2D eigenvalue weighted by molar-refractivity contribution is 0.0532. The molecule has 0 N–H and O–H groups in total. The molecule has 4 heteroatoms. The lowest BCUT2D eigenvalue weighted by Gasteiger charge is -2.22. The zero-order valence-corrected chi connectivity index (χ0v) is 18.5. The van der Waals surface area contributed by atoms with E-state index >= 15 is 0 Å². The molecule has 26 heavy (non-hydrogen) atoms. The molecule has 1 aromatic rings. The van der Waals surface area contributed by atoms with Crippen molar-refractivity contribution in [3.8, 4) is 5.75 Å². The number of hydrogen-bond acceptors (Lipinski definition) is 3. The first-order chi connectivity index (χ1) is 12.2. The van der Waals surface area contributed by atoms with Gasteiger partial charge in [-0.05, 0) is 50.3 Å². The number of ether oxygens (including phenoxy) is 2. The van der Waals surface area contributed by atoms with Crippen LogP contribution in [-0.2, 0) is 24.2 Å². The van der Waals surface area contributed by atoms with Gasteiger partial charge in [0.05, 0.1) is 6.61 Å². The van der Waals surface area contributed by atoms with Crippen LogP contribution >= 0.6 is 0 Å². The van der Waals surface area contributed by atoms with Crippen LogP contribution in [0.5, 0.6) is 5.75 Å². The van der Waals surface area contributed by atoms with E-state index in [4.69, 9.17) is 9.47 Å². The third-order valence-electron chi connectivity index (χ3n) is 5.29. The SMILES string of the molecule is CCC(C)=CCc1c(CC)c(C)c2c(c1OCC[Si](C)(C)C)C(=O)OC2. The number of benzene rings is 1. The van der Waals surface area contributed by atoms with Crippen molar-refractivity contribution in [2.45, 2.75) is 79.2 Å². The molecule has 2 rings (SSSR count). The summed E-state index contributed by atoms with van der Waals surface area (Å²) >= 11 is 0. The summed E-state index contributed by atoms with van der Waals surface area (Å²) in [4.78, 5) is 12.4. The van der Waals surface area contributed by atoms with E-state index in [-0.39, 0.29) is 5.97 Å². The van der Waals surface area contributed by atoms with E-state index in [0.29, 0.717) is 18.8 Å². The molecule has 0 bridgehead atoms. The van der Waals surface area contributed by atoms with E-state index < -0.39 is 8.07 Å². The van der Waals surface area contributed by atoms with Crippen LogP contribution in [0.4, 0.5) is 0 Å².